The van der Waals surface area contributed by atoms with Crippen molar-refractivity contribution in [2.45, 2.75) is 19.1 Å². The Labute approximate surface area is 120 Å². The molecule has 20 heavy (non-hydrogen) atoms. The maximum atomic E-state index is 10.9. The minimum Gasteiger partial charge on any atom is -0.389 e. The number of nitrogens with zero attached hydrogens (tertiary/aromatic N) is 1. The summed E-state index contributed by atoms with van der Waals surface area (Å²) in [5, 5.41) is 29.6. The first-order chi connectivity index (χ1) is 9.52. The Bertz CT molecular complexity index is 675. The Morgan fingerprint density at radius 3 is 2.90 bits per heavy atom. The highest BCUT2D eigenvalue weighted by Gasteiger charge is 2.22. The summed E-state index contributed by atoms with van der Waals surface area (Å²) in [4.78, 5) is 13.9. The summed E-state index contributed by atoms with van der Waals surface area (Å²) in [5.41, 5.74) is 1.79. The minimum atomic E-state index is -1.11. The van der Waals surface area contributed by atoms with Crippen LogP contribution in [0.1, 0.15) is 24.2 Å². The van der Waals surface area contributed by atoms with E-state index < -0.39 is 12.2 Å². The molecule has 2 aromatic rings. The summed E-state index contributed by atoms with van der Waals surface area (Å²) in [5.74, 6) is 0.126. The monoisotopic (exact) mass is 290 g/mol. The Hall–Kier alpha value is -1.81. The van der Waals surface area contributed by atoms with Crippen LogP contribution in [0.2, 0.25) is 0 Å². The predicted octanol–water partition coefficient (Wildman–Crippen LogP) is 1.71. The van der Waals surface area contributed by atoms with Crippen LogP contribution in [0.3, 0.4) is 0 Å². The predicted molar refractivity (Wildman–Crippen MR) is 77.1 cm³/mol. The number of aromatic amines is 1. The van der Waals surface area contributed by atoms with Crippen LogP contribution in [0, 0.1) is 11.3 Å². The second-order valence-electron chi connectivity index (χ2n) is 4.43. The molecule has 0 aliphatic rings. The Morgan fingerprint density at radius 2 is 2.25 bits per heavy atom. The molecule has 1 heterocycles. The summed E-state index contributed by atoms with van der Waals surface area (Å²) in [6, 6.07) is 7.13. The number of thioether (sulfide) groups is 1. The molecule has 1 aromatic carbocycles. The van der Waals surface area contributed by atoms with E-state index in [1.807, 2.05) is 6.07 Å². The molecule has 1 aromatic heterocycles. The number of hydrogen-bond donors (Lipinski definition) is 3. The zero-order chi connectivity index (χ0) is 14.7. The molecule has 0 fully saturated rings. The standard InChI is InChI=1S/C14H14N2O3S/c1-8(17)20-7-13(18)14(19)11-6-16-12-3-2-9(5-15)4-10(11)12/h2-4,6,13-14,16,18-19H,7H2,1H3. The third kappa shape index (κ3) is 3.02. The first kappa shape index (κ1) is 14.6. The third-order valence-corrected chi connectivity index (χ3v) is 3.90. The van der Waals surface area contributed by atoms with Crippen molar-refractivity contribution in [2.24, 2.45) is 0 Å². The molecule has 0 saturated heterocycles. The van der Waals surface area contributed by atoms with Gasteiger partial charge in [-0.15, -0.1) is 0 Å². The van der Waals surface area contributed by atoms with Gasteiger partial charge >= 0.3 is 0 Å². The van der Waals surface area contributed by atoms with Gasteiger partial charge in [0.1, 0.15) is 6.10 Å². The number of rotatable bonds is 4. The van der Waals surface area contributed by atoms with Gasteiger partial charge in [-0.2, -0.15) is 5.26 Å². The fraction of sp³-hybridized carbons (Fsp3) is 0.286. The fourth-order valence-corrected chi connectivity index (χ4v) is 2.55. The van der Waals surface area contributed by atoms with Crippen LogP contribution in [0.5, 0.6) is 0 Å². The number of aromatic nitrogens is 1. The van der Waals surface area contributed by atoms with Crippen LogP contribution in [-0.2, 0) is 4.79 Å². The number of aliphatic hydroxyl groups is 2. The molecular formula is C14H14N2O3S. The molecule has 2 atom stereocenters. The van der Waals surface area contributed by atoms with Crippen molar-refractivity contribution in [1.82, 2.24) is 4.98 Å². The number of nitrogens with one attached hydrogen (secondary N) is 1. The molecule has 0 bridgehead atoms. The molecule has 104 valence electrons. The highest BCUT2D eigenvalue weighted by atomic mass is 32.2. The molecule has 5 nitrogen and oxygen atoms in total. The fourth-order valence-electron chi connectivity index (χ4n) is 1.96. The largest absolute Gasteiger partial charge is 0.389 e. The van der Waals surface area contributed by atoms with E-state index in [1.165, 1.54) is 6.92 Å². The average Bonchev–Trinajstić information content (AvgIpc) is 2.86. The van der Waals surface area contributed by atoms with Gasteiger partial charge in [-0.05, 0) is 18.2 Å². The van der Waals surface area contributed by atoms with E-state index in [4.69, 9.17) is 5.26 Å². The molecule has 2 rings (SSSR count). The first-order valence-electron chi connectivity index (χ1n) is 6.03. The second-order valence-corrected chi connectivity index (χ2v) is 5.63. The molecular weight excluding hydrogens is 276 g/mol. The van der Waals surface area contributed by atoms with Crippen molar-refractivity contribution in [3.63, 3.8) is 0 Å². The lowest BCUT2D eigenvalue weighted by molar-refractivity contribution is -0.109. The van der Waals surface area contributed by atoms with Gasteiger partial charge in [-0.3, -0.25) is 4.79 Å². The molecule has 2 unspecified atom stereocenters. The van der Waals surface area contributed by atoms with E-state index in [2.05, 4.69) is 4.98 Å². The molecule has 3 N–H and O–H groups in total. The molecule has 6 heteroatoms. The number of benzene rings is 1. The van der Waals surface area contributed by atoms with Gasteiger partial charge in [0.05, 0.1) is 17.7 Å². The molecule has 0 amide bonds. The van der Waals surface area contributed by atoms with Crippen LogP contribution in [0.15, 0.2) is 24.4 Å². The van der Waals surface area contributed by atoms with Gasteiger partial charge in [0.25, 0.3) is 0 Å². The quantitative estimate of drug-likeness (QED) is 0.796. The van der Waals surface area contributed by atoms with E-state index in [-0.39, 0.29) is 10.9 Å². The first-order valence-corrected chi connectivity index (χ1v) is 7.02. The lowest BCUT2D eigenvalue weighted by Gasteiger charge is -2.16. The van der Waals surface area contributed by atoms with Gasteiger partial charge in [-0.1, -0.05) is 11.8 Å². The molecule has 0 aliphatic carbocycles. The normalized spacial score (nSPS) is 13.9. The summed E-state index contributed by atoms with van der Waals surface area (Å²) in [6.07, 6.45) is -0.545. The maximum Gasteiger partial charge on any atom is 0.185 e. The van der Waals surface area contributed by atoms with Gasteiger partial charge in [0.15, 0.2) is 5.12 Å². The van der Waals surface area contributed by atoms with E-state index >= 15 is 0 Å². The zero-order valence-electron chi connectivity index (χ0n) is 10.8. The van der Waals surface area contributed by atoms with E-state index in [1.54, 1.807) is 24.4 Å². The van der Waals surface area contributed by atoms with Crippen molar-refractivity contribution in [3.8, 4) is 6.07 Å². The smallest absolute Gasteiger partial charge is 0.185 e. The van der Waals surface area contributed by atoms with Gasteiger partial charge in [0, 0.05) is 35.3 Å². The summed E-state index contributed by atoms with van der Waals surface area (Å²) < 4.78 is 0. The molecule has 0 spiro atoms. The number of aliphatic hydroxyl groups excluding tert-OH is 2. The third-order valence-electron chi connectivity index (χ3n) is 2.98. The van der Waals surface area contributed by atoms with Crippen LogP contribution in [-0.4, -0.2) is 32.2 Å². The van der Waals surface area contributed by atoms with E-state index in [9.17, 15) is 15.0 Å². The van der Waals surface area contributed by atoms with Gasteiger partial charge < -0.3 is 15.2 Å². The Balaban J connectivity index is 2.27. The van der Waals surface area contributed by atoms with Crippen LogP contribution < -0.4 is 0 Å². The van der Waals surface area contributed by atoms with Crippen molar-refractivity contribution in [2.75, 3.05) is 5.75 Å². The highest BCUT2D eigenvalue weighted by Crippen LogP contribution is 2.28. The number of nitriles is 1. The Morgan fingerprint density at radius 1 is 1.50 bits per heavy atom. The van der Waals surface area contributed by atoms with E-state index in [0.29, 0.717) is 16.5 Å². The van der Waals surface area contributed by atoms with Crippen molar-refractivity contribution >= 4 is 27.8 Å². The van der Waals surface area contributed by atoms with Crippen LogP contribution in [0.4, 0.5) is 0 Å². The molecule has 0 saturated carbocycles. The lowest BCUT2D eigenvalue weighted by atomic mass is 10.0. The number of H-pyrrole nitrogens is 1. The summed E-state index contributed by atoms with van der Waals surface area (Å²) >= 11 is 0.967. The molecule has 0 radical (unpaired) electrons. The number of carbonyl (C=O) groups excluding carboxylic acids is 1. The van der Waals surface area contributed by atoms with Crippen molar-refractivity contribution in [1.29, 1.82) is 5.26 Å². The SMILES string of the molecule is CC(=O)SCC(O)C(O)c1c[nH]c2ccc(C#N)cc12. The minimum absolute atomic E-state index is 0.109. The lowest BCUT2D eigenvalue weighted by Crippen LogP contribution is -2.21. The zero-order valence-corrected chi connectivity index (χ0v) is 11.6. The summed E-state index contributed by atoms with van der Waals surface area (Å²) in [6.45, 7) is 1.41. The molecule has 0 aliphatic heterocycles. The highest BCUT2D eigenvalue weighted by molar-refractivity contribution is 8.13. The van der Waals surface area contributed by atoms with Crippen molar-refractivity contribution in [3.05, 3.63) is 35.5 Å². The van der Waals surface area contributed by atoms with Crippen LogP contribution >= 0.6 is 11.8 Å². The van der Waals surface area contributed by atoms with Crippen molar-refractivity contribution < 1.29 is 15.0 Å². The number of fused-ring (bicyclic) bond motifs is 1. The van der Waals surface area contributed by atoms with Crippen LogP contribution in [0.25, 0.3) is 10.9 Å². The topological polar surface area (TPSA) is 97.1 Å². The van der Waals surface area contributed by atoms with Gasteiger partial charge in [-0.25, -0.2) is 0 Å². The summed E-state index contributed by atoms with van der Waals surface area (Å²) in [7, 11) is 0. The number of hydrogen-bond acceptors (Lipinski definition) is 5. The van der Waals surface area contributed by atoms with Gasteiger partial charge in [0.2, 0.25) is 0 Å². The second kappa shape index (κ2) is 6.09. The van der Waals surface area contributed by atoms with E-state index in [0.717, 1.165) is 17.3 Å². The average molecular weight is 290 g/mol. The Kier molecular flexibility index (Phi) is 4.45. The maximum absolute atomic E-state index is 10.9. The number of carbonyl (C=O) groups is 1.